The number of nitrogens with one attached hydrogen (secondary N) is 1. The Morgan fingerprint density at radius 1 is 1.15 bits per heavy atom. The Labute approximate surface area is 154 Å². The first-order valence-electron chi connectivity index (χ1n) is 8.95. The minimum atomic E-state index is 0.0136. The second kappa shape index (κ2) is 8.51. The number of benzene rings is 1. The van der Waals surface area contributed by atoms with Crippen molar-refractivity contribution in [2.75, 3.05) is 49.5 Å². The van der Waals surface area contributed by atoms with E-state index in [1.54, 1.807) is 0 Å². The van der Waals surface area contributed by atoms with Crippen LogP contribution in [0.3, 0.4) is 0 Å². The van der Waals surface area contributed by atoms with Crippen molar-refractivity contribution in [3.63, 3.8) is 0 Å². The molecule has 0 bridgehead atoms. The van der Waals surface area contributed by atoms with Crippen LogP contribution in [0.5, 0.6) is 5.75 Å². The molecule has 0 radical (unpaired) electrons. The molecule has 0 saturated carbocycles. The lowest BCUT2D eigenvalue weighted by molar-refractivity contribution is -0.133. The van der Waals surface area contributed by atoms with E-state index in [0.717, 1.165) is 42.6 Å². The van der Waals surface area contributed by atoms with Crippen LogP contribution >= 0.6 is 0 Å². The highest BCUT2D eigenvalue weighted by molar-refractivity contribution is 5.78. The van der Waals surface area contributed by atoms with Gasteiger partial charge in [-0.15, -0.1) is 10.2 Å². The highest BCUT2D eigenvalue weighted by Crippen LogP contribution is 2.15. The lowest BCUT2D eigenvalue weighted by Gasteiger charge is -2.35. The maximum Gasteiger partial charge on any atom is 0.260 e. The van der Waals surface area contributed by atoms with Crippen LogP contribution in [0.15, 0.2) is 36.4 Å². The van der Waals surface area contributed by atoms with E-state index < -0.39 is 0 Å². The summed E-state index contributed by atoms with van der Waals surface area (Å²) in [6.45, 7) is 7.71. The molecule has 0 aliphatic carbocycles. The molecule has 1 aliphatic rings. The molecule has 2 heterocycles. The Balaban J connectivity index is 1.47. The molecule has 1 amide bonds. The number of rotatable bonds is 6. The molecule has 138 valence electrons. The van der Waals surface area contributed by atoms with Gasteiger partial charge in [0.15, 0.2) is 12.4 Å². The van der Waals surface area contributed by atoms with Gasteiger partial charge in [0.05, 0.1) is 0 Å². The third kappa shape index (κ3) is 4.62. The molecule has 1 aromatic carbocycles. The van der Waals surface area contributed by atoms with E-state index in [1.807, 2.05) is 55.1 Å². The summed E-state index contributed by atoms with van der Waals surface area (Å²) in [6, 6.07) is 11.6. The number of aryl methyl sites for hydroxylation is 1. The van der Waals surface area contributed by atoms with Gasteiger partial charge in [-0.05, 0) is 43.7 Å². The molecule has 1 N–H and O–H groups in total. The lowest BCUT2D eigenvalue weighted by atomic mass is 10.2. The topological polar surface area (TPSA) is 70.6 Å². The molecule has 7 nitrogen and oxygen atoms in total. The van der Waals surface area contributed by atoms with Gasteiger partial charge in [-0.25, -0.2) is 0 Å². The van der Waals surface area contributed by atoms with Crippen molar-refractivity contribution in [2.45, 2.75) is 13.8 Å². The van der Waals surface area contributed by atoms with Gasteiger partial charge in [0.1, 0.15) is 11.6 Å². The molecule has 0 spiro atoms. The monoisotopic (exact) mass is 355 g/mol. The van der Waals surface area contributed by atoms with Crippen molar-refractivity contribution in [3.8, 4) is 5.75 Å². The van der Waals surface area contributed by atoms with Crippen molar-refractivity contribution in [3.05, 3.63) is 42.0 Å². The minimum absolute atomic E-state index is 0.0136. The Morgan fingerprint density at radius 2 is 1.96 bits per heavy atom. The summed E-state index contributed by atoms with van der Waals surface area (Å²) in [5.74, 6) is 2.36. The zero-order chi connectivity index (χ0) is 18.4. The fourth-order valence-electron chi connectivity index (χ4n) is 2.90. The number of ether oxygens (including phenoxy) is 1. The van der Waals surface area contributed by atoms with Crippen LogP contribution in [0.25, 0.3) is 0 Å². The Kier molecular flexibility index (Phi) is 5.88. The van der Waals surface area contributed by atoms with Gasteiger partial charge >= 0.3 is 0 Å². The fraction of sp³-hybridized carbons (Fsp3) is 0.421. The number of nitrogens with zero attached hydrogens (tertiary/aromatic N) is 4. The number of anilines is 2. The number of carbonyl (C=O) groups is 1. The van der Waals surface area contributed by atoms with Crippen molar-refractivity contribution in [1.82, 2.24) is 15.1 Å². The average molecular weight is 355 g/mol. The van der Waals surface area contributed by atoms with Crippen LogP contribution in [0.2, 0.25) is 0 Å². The zero-order valence-electron chi connectivity index (χ0n) is 15.3. The maximum absolute atomic E-state index is 12.4. The highest BCUT2D eigenvalue weighted by Gasteiger charge is 2.22. The number of piperazine rings is 1. The summed E-state index contributed by atoms with van der Waals surface area (Å²) < 4.78 is 5.62. The van der Waals surface area contributed by atoms with E-state index >= 15 is 0 Å². The Bertz CT molecular complexity index is 727. The smallest absolute Gasteiger partial charge is 0.260 e. The molecule has 26 heavy (non-hydrogen) atoms. The van der Waals surface area contributed by atoms with Crippen LogP contribution in [-0.2, 0) is 4.79 Å². The predicted octanol–water partition coefficient (Wildman–Crippen LogP) is 1.94. The number of hydrogen-bond acceptors (Lipinski definition) is 6. The molecule has 1 saturated heterocycles. The standard InChI is InChI=1S/C19H25N5O2/c1-3-20-17-7-8-18(22-21-17)23-9-11-24(12-10-23)19(25)14-26-16-6-4-5-15(2)13-16/h4-8,13H,3,9-12,14H2,1-2H3,(H,20,21). The van der Waals surface area contributed by atoms with E-state index in [-0.39, 0.29) is 12.5 Å². The fourth-order valence-corrected chi connectivity index (χ4v) is 2.90. The lowest BCUT2D eigenvalue weighted by Crippen LogP contribution is -2.50. The van der Waals surface area contributed by atoms with E-state index in [0.29, 0.717) is 13.1 Å². The average Bonchev–Trinajstić information content (AvgIpc) is 2.67. The van der Waals surface area contributed by atoms with Crippen molar-refractivity contribution < 1.29 is 9.53 Å². The van der Waals surface area contributed by atoms with Gasteiger partial charge < -0.3 is 19.9 Å². The van der Waals surface area contributed by atoms with Gasteiger partial charge in [0.2, 0.25) is 0 Å². The van der Waals surface area contributed by atoms with E-state index in [9.17, 15) is 4.79 Å². The number of aromatic nitrogens is 2. The van der Waals surface area contributed by atoms with Gasteiger partial charge in [-0.2, -0.15) is 0 Å². The van der Waals surface area contributed by atoms with Crippen molar-refractivity contribution in [1.29, 1.82) is 0 Å². The summed E-state index contributed by atoms with van der Waals surface area (Å²) in [5.41, 5.74) is 1.12. The molecule has 1 aromatic heterocycles. The van der Waals surface area contributed by atoms with Crippen LogP contribution in [0.4, 0.5) is 11.6 Å². The van der Waals surface area contributed by atoms with E-state index in [2.05, 4.69) is 20.4 Å². The van der Waals surface area contributed by atoms with Gasteiger partial charge in [0.25, 0.3) is 5.91 Å². The van der Waals surface area contributed by atoms with Gasteiger partial charge in [-0.1, -0.05) is 12.1 Å². The van der Waals surface area contributed by atoms with E-state index in [4.69, 9.17) is 4.74 Å². The molecule has 3 rings (SSSR count). The molecular formula is C19H25N5O2. The second-order valence-electron chi connectivity index (χ2n) is 6.28. The second-order valence-corrected chi connectivity index (χ2v) is 6.28. The van der Waals surface area contributed by atoms with Crippen LogP contribution in [0, 0.1) is 6.92 Å². The third-order valence-corrected chi connectivity index (χ3v) is 4.32. The summed E-state index contributed by atoms with van der Waals surface area (Å²) in [5, 5.41) is 11.6. The minimum Gasteiger partial charge on any atom is -0.484 e. The van der Waals surface area contributed by atoms with Crippen LogP contribution in [-0.4, -0.2) is 60.3 Å². The maximum atomic E-state index is 12.4. The molecule has 2 aromatic rings. The quantitative estimate of drug-likeness (QED) is 0.854. The molecule has 7 heteroatoms. The number of amides is 1. The zero-order valence-corrected chi connectivity index (χ0v) is 15.3. The number of hydrogen-bond donors (Lipinski definition) is 1. The molecular weight excluding hydrogens is 330 g/mol. The van der Waals surface area contributed by atoms with Crippen LogP contribution in [0.1, 0.15) is 12.5 Å². The molecule has 1 fully saturated rings. The van der Waals surface area contributed by atoms with E-state index in [1.165, 1.54) is 0 Å². The third-order valence-electron chi connectivity index (χ3n) is 4.32. The number of carbonyl (C=O) groups excluding carboxylic acids is 1. The highest BCUT2D eigenvalue weighted by atomic mass is 16.5. The first-order valence-corrected chi connectivity index (χ1v) is 8.95. The predicted molar refractivity (Wildman–Crippen MR) is 102 cm³/mol. The summed E-state index contributed by atoms with van der Waals surface area (Å²) in [4.78, 5) is 16.3. The largest absolute Gasteiger partial charge is 0.484 e. The normalized spacial score (nSPS) is 14.2. The Morgan fingerprint density at radius 3 is 2.62 bits per heavy atom. The van der Waals surface area contributed by atoms with Crippen molar-refractivity contribution >= 4 is 17.5 Å². The van der Waals surface area contributed by atoms with Crippen LogP contribution < -0.4 is 15.0 Å². The summed E-state index contributed by atoms with van der Waals surface area (Å²) in [6.07, 6.45) is 0. The summed E-state index contributed by atoms with van der Waals surface area (Å²) in [7, 11) is 0. The molecule has 1 aliphatic heterocycles. The van der Waals surface area contributed by atoms with Crippen molar-refractivity contribution in [2.24, 2.45) is 0 Å². The SMILES string of the molecule is CCNc1ccc(N2CCN(C(=O)COc3cccc(C)c3)CC2)nn1. The first-order chi connectivity index (χ1) is 12.7. The van der Waals surface area contributed by atoms with Gasteiger partial charge in [0, 0.05) is 32.7 Å². The van der Waals surface area contributed by atoms with Gasteiger partial charge in [-0.3, -0.25) is 4.79 Å². The first kappa shape index (κ1) is 18.0. The Hall–Kier alpha value is -2.83. The summed E-state index contributed by atoms with van der Waals surface area (Å²) >= 11 is 0. The molecule has 0 unspecified atom stereocenters. The molecule has 0 atom stereocenters.